The zero-order valence-corrected chi connectivity index (χ0v) is 7.99. The number of ether oxygens (including phenoxy) is 2. The molecule has 0 bridgehead atoms. The predicted molar refractivity (Wildman–Crippen MR) is 50.3 cm³/mol. The highest BCUT2D eigenvalue weighted by Gasteiger charge is 2.36. The number of hydrogen-bond acceptors (Lipinski definition) is 2. The summed E-state index contributed by atoms with van der Waals surface area (Å²) in [7, 11) is 0. The van der Waals surface area contributed by atoms with Crippen LogP contribution in [0.5, 0.6) is 0 Å². The summed E-state index contributed by atoms with van der Waals surface area (Å²) in [5.41, 5.74) is 1.08. The van der Waals surface area contributed by atoms with Crippen LogP contribution in [0.15, 0.2) is 30.3 Å². The quantitative estimate of drug-likeness (QED) is 0.657. The van der Waals surface area contributed by atoms with Gasteiger partial charge < -0.3 is 9.47 Å². The van der Waals surface area contributed by atoms with Crippen LogP contribution in [0.4, 0.5) is 0 Å². The molecule has 13 heavy (non-hydrogen) atoms. The first-order valence-corrected chi connectivity index (χ1v) is 4.58. The van der Waals surface area contributed by atoms with Gasteiger partial charge >= 0.3 is 0 Å². The van der Waals surface area contributed by atoms with Crippen LogP contribution in [0, 0.1) is 0 Å². The van der Waals surface area contributed by atoms with E-state index in [0.717, 1.165) is 5.56 Å². The molecule has 70 valence electrons. The molecule has 1 fully saturated rings. The number of benzene rings is 1. The summed E-state index contributed by atoms with van der Waals surface area (Å²) >= 11 is 0. The molecule has 0 N–H and O–H groups in total. The zero-order chi connectivity index (χ0) is 9.31. The first-order chi connectivity index (χ1) is 6.21. The lowest BCUT2D eigenvalue weighted by molar-refractivity contribution is -0.159. The van der Waals surface area contributed by atoms with E-state index in [1.165, 1.54) is 0 Å². The molecule has 1 aliphatic heterocycles. The molecule has 2 rings (SSSR count). The fraction of sp³-hybridized carbons (Fsp3) is 0.455. The zero-order valence-electron chi connectivity index (χ0n) is 7.99. The van der Waals surface area contributed by atoms with Crippen molar-refractivity contribution < 1.29 is 9.47 Å². The lowest BCUT2D eigenvalue weighted by Gasteiger charge is -2.23. The van der Waals surface area contributed by atoms with Crippen molar-refractivity contribution in [2.75, 3.05) is 6.61 Å². The minimum absolute atomic E-state index is 0.185. The van der Waals surface area contributed by atoms with E-state index in [1.807, 2.05) is 44.2 Å². The van der Waals surface area contributed by atoms with Gasteiger partial charge in [0, 0.05) is 5.56 Å². The van der Waals surface area contributed by atoms with E-state index in [2.05, 4.69) is 0 Å². The van der Waals surface area contributed by atoms with E-state index in [9.17, 15) is 0 Å². The Bertz CT molecular complexity index is 283. The Labute approximate surface area is 78.5 Å². The maximum atomic E-state index is 5.71. The number of hydrogen-bond donors (Lipinski definition) is 0. The fourth-order valence-corrected chi connectivity index (χ4v) is 1.62. The van der Waals surface area contributed by atoms with Crippen LogP contribution in [0.2, 0.25) is 0 Å². The molecular formula is C11H14O2. The van der Waals surface area contributed by atoms with Gasteiger partial charge in [-0.05, 0) is 13.8 Å². The van der Waals surface area contributed by atoms with Gasteiger partial charge in [-0.1, -0.05) is 30.3 Å². The minimum atomic E-state index is -0.541. The molecule has 0 spiro atoms. The Kier molecular flexibility index (Phi) is 2.10. The van der Waals surface area contributed by atoms with Gasteiger partial charge in [0.15, 0.2) is 5.79 Å². The smallest absolute Gasteiger partial charge is 0.192 e. The molecule has 0 radical (unpaired) electrons. The summed E-state index contributed by atoms with van der Waals surface area (Å²) in [5.74, 6) is -0.541. The monoisotopic (exact) mass is 178 g/mol. The van der Waals surface area contributed by atoms with Crippen molar-refractivity contribution >= 4 is 0 Å². The van der Waals surface area contributed by atoms with Crippen molar-refractivity contribution in [3.63, 3.8) is 0 Å². The Morgan fingerprint density at radius 1 is 1.31 bits per heavy atom. The second kappa shape index (κ2) is 3.13. The molecule has 1 saturated heterocycles. The second-order valence-corrected chi connectivity index (χ2v) is 3.55. The van der Waals surface area contributed by atoms with Crippen molar-refractivity contribution in [1.29, 1.82) is 0 Å². The second-order valence-electron chi connectivity index (χ2n) is 3.55. The van der Waals surface area contributed by atoms with Crippen LogP contribution < -0.4 is 0 Å². The van der Waals surface area contributed by atoms with Crippen molar-refractivity contribution in [2.45, 2.75) is 25.7 Å². The van der Waals surface area contributed by atoms with E-state index in [0.29, 0.717) is 6.61 Å². The highest BCUT2D eigenvalue weighted by atomic mass is 16.7. The highest BCUT2D eigenvalue weighted by molar-refractivity contribution is 5.20. The molecule has 0 amide bonds. The lowest BCUT2D eigenvalue weighted by Crippen LogP contribution is -2.23. The van der Waals surface area contributed by atoms with Gasteiger partial charge in [-0.15, -0.1) is 0 Å². The Morgan fingerprint density at radius 3 is 2.54 bits per heavy atom. The average Bonchev–Trinajstić information content (AvgIpc) is 2.49. The normalized spacial score (nSPS) is 33.5. The summed E-state index contributed by atoms with van der Waals surface area (Å²) in [6, 6.07) is 10.0. The first kappa shape index (κ1) is 8.73. The van der Waals surface area contributed by atoms with Crippen LogP contribution >= 0.6 is 0 Å². The Morgan fingerprint density at radius 2 is 2.00 bits per heavy atom. The van der Waals surface area contributed by atoms with Gasteiger partial charge in [-0.3, -0.25) is 0 Å². The molecule has 0 unspecified atom stereocenters. The predicted octanol–water partition coefficient (Wildman–Crippen LogP) is 2.29. The van der Waals surface area contributed by atoms with Crippen LogP contribution in [0.25, 0.3) is 0 Å². The van der Waals surface area contributed by atoms with Crippen LogP contribution in [0.1, 0.15) is 19.4 Å². The third-order valence-electron chi connectivity index (χ3n) is 2.32. The summed E-state index contributed by atoms with van der Waals surface area (Å²) in [5, 5.41) is 0. The summed E-state index contributed by atoms with van der Waals surface area (Å²) < 4.78 is 11.3. The third kappa shape index (κ3) is 1.60. The summed E-state index contributed by atoms with van der Waals surface area (Å²) in [6.07, 6.45) is 0.185. The van der Waals surface area contributed by atoms with Gasteiger partial charge in [0.2, 0.25) is 0 Å². The standard InChI is InChI=1S/C11H14O2/c1-9-8-12-11(2,13-9)10-6-4-3-5-7-10/h3-7,9H,8H2,1-2H3/t9-,11-/m1/s1. The topological polar surface area (TPSA) is 18.5 Å². The Hall–Kier alpha value is -0.860. The van der Waals surface area contributed by atoms with E-state index in [-0.39, 0.29) is 6.10 Å². The lowest BCUT2D eigenvalue weighted by atomic mass is 10.1. The van der Waals surface area contributed by atoms with Gasteiger partial charge in [-0.2, -0.15) is 0 Å². The molecule has 1 aliphatic rings. The van der Waals surface area contributed by atoms with Crippen LogP contribution in [0.3, 0.4) is 0 Å². The molecule has 1 heterocycles. The van der Waals surface area contributed by atoms with Crippen molar-refractivity contribution in [2.24, 2.45) is 0 Å². The van der Waals surface area contributed by atoms with Gasteiger partial charge in [-0.25, -0.2) is 0 Å². The molecule has 2 atom stereocenters. The molecule has 1 aromatic rings. The van der Waals surface area contributed by atoms with Crippen LogP contribution in [-0.2, 0) is 15.3 Å². The molecule has 0 saturated carbocycles. The third-order valence-corrected chi connectivity index (χ3v) is 2.32. The average molecular weight is 178 g/mol. The van der Waals surface area contributed by atoms with E-state index < -0.39 is 5.79 Å². The van der Waals surface area contributed by atoms with E-state index in [4.69, 9.17) is 9.47 Å². The van der Waals surface area contributed by atoms with Gasteiger partial charge in [0.1, 0.15) is 0 Å². The van der Waals surface area contributed by atoms with Crippen molar-refractivity contribution in [3.8, 4) is 0 Å². The maximum Gasteiger partial charge on any atom is 0.192 e. The van der Waals surface area contributed by atoms with Crippen molar-refractivity contribution in [1.82, 2.24) is 0 Å². The molecule has 0 aromatic heterocycles. The molecule has 1 aromatic carbocycles. The molecule has 2 nitrogen and oxygen atoms in total. The molecule has 2 heteroatoms. The Balaban J connectivity index is 2.26. The minimum Gasteiger partial charge on any atom is -0.343 e. The first-order valence-electron chi connectivity index (χ1n) is 4.58. The summed E-state index contributed by atoms with van der Waals surface area (Å²) in [4.78, 5) is 0. The van der Waals surface area contributed by atoms with E-state index in [1.54, 1.807) is 0 Å². The SMILES string of the molecule is C[C@@H]1CO[C@@](C)(c2ccccc2)O1. The molecular weight excluding hydrogens is 164 g/mol. The summed E-state index contributed by atoms with van der Waals surface area (Å²) in [6.45, 7) is 4.66. The van der Waals surface area contributed by atoms with Gasteiger partial charge in [0.05, 0.1) is 12.7 Å². The number of rotatable bonds is 1. The largest absolute Gasteiger partial charge is 0.343 e. The molecule has 0 aliphatic carbocycles. The van der Waals surface area contributed by atoms with Crippen molar-refractivity contribution in [3.05, 3.63) is 35.9 Å². The van der Waals surface area contributed by atoms with Gasteiger partial charge in [0.25, 0.3) is 0 Å². The van der Waals surface area contributed by atoms with E-state index >= 15 is 0 Å². The van der Waals surface area contributed by atoms with Crippen LogP contribution in [-0.4, -0.2) is 12.7 Å². The fourth-order valence-electron chi connectivity index (χ4n) is 1.62. The maximum absolute atomic E-state index is 5.71. The highest BCUT2D eigenvalue weighted by Crippen LogP contribution is 2.33.